The highest BCUT2D eigenvalue weighted by molar-refractivity contribution is 7.15. The van der Waals surface area contributed by atoms with E-state index in [1.54, 1.807) is 6.07 Å². The van der Waals surface area contributed by atoms with Crippen molar-refractivity contribution in [2.75, 3.05) is 11.9 Å². The summed E-state index contributed by atoms with van der Waals surface area (Å²) in [6.07, 6.45) is 1.99. The van der Waals surface area contributed by atoms with Gasteiger partial charge >= 0.3 is 0 Å². The molecule has 3 aromatic rings. The van der Waals surface area contributed by atoms with Crippen LogP contribution in [0.15, 0.2) is 30.3 Å². The Bertz CT molecular complexity index is 943. The first-order valence-electron chi connectivity index (χ1n) is 8.50. The molecule has 0 aliphatic carbocycles. The number of carbonyl (C=O) groups is 1. The van der Waals surface area contributed by atoms with Crippen LogP contribution in [0, 0.1) is 13.8 Å². The van der Waals surface area contributed by atoms with E-state index < -0.39 is 0 Å². The zero-order valence-electron chi connectivity index (χ0n) is 14.6. The van der Waals surface area contributed by atoms with Gasteiger partial charge < -0.3 is 4.74 Å². The molecule has 1 fully saturated rings. The number of amides is 1. The van der Waals surface area contributed by atoms with Crippen molar-refractivity contribution >= 4 is 22.4 Å². The summed E-state index contributed by atoms with van der Waals surface area (Å²) < 4.78 is 7.43. The summed E-state index contributed by atoms with van der Waals surface area (Å²) in [6, 6.07) is 9.36. The largest absolute Gasteiger partial charge is 0.371 e. The van der Waals surface area contributed by atoms with Gasteiger partial charge in [0.25, 0.3) is 5.91 Å². The van der Waals surface area contributed by atoms with Gasteiger partial charge in [0.2, 0.25) is 5.13 Å². The molecule has 0 radical (unpaired) electrons. The average Bonchev–Trinajstić information content (AvgIpc) is 3.36. The number of hydrogen-bond donors (Lipinski definition) is 1. The molecule has 4 rings (SSSR count). The van der Waals surface area contributed by atoms with E-state index in [-0.39, 0.29) is 12.0 Å². The van der Waals surface area contributed by atoms with E-state index in [1.807, 2.05) is 42.8 Å². The van der Waals surface area contributed by atoms with Gasteiger partial charge in [-0.25, -0.2) is 4.68 Å². The molecule has 7 nitrogen and oxygen atoms in total. The first kappa shape index (κ1) is 16.9. The second kappa shape index (κ2) is 6.97. The van der Waals surface area contributed by atoms with Crippen LogP contribution in [-0.2, 0) is 4.74 Å². The van der Waals surface area contributed by atoms with Crippen LogP contribution in [-0.4, -0.2) is 32.5 Å². The molecule has 0 bridgehead atoms. The molecule has 1 amide bonds. The minimum atomic E-state index is -0.219. The maximum atomic E-state index is 12.6. The molecule has 8 heteroatoms. The maximum absolute atomic E-state index is 12.6. The van der Waals surface area contributed by atoms with Gasteiger partial charge in [0.1, 0.15) is 11.1 Å². The van der Waals surface area contributed by atoms with E-state index in [0.717, 1.165) is 41.5 Å². The van der Waals surface area contributed by atoms with Crippen molar-refractivity contribution in [2.45, 2.75) is 32.8 Å². The molecule has 1 saturated heterocycles. The van der Waals surface area contributed by atoms with E-state index in [9.17, 15) is 4.79 Å². The van der Waals surface area contributed by atoms with Gasteiger partial charge in [0, 0.05) is 17.9 Å². The monoisotopic (exact) mass is 369 g/mol. The molecular weight excluding hydrogens is 350 g/mol. The maximum Gasteiger partial charge on any atom is 0.257 e. The fraction of sp³-hybridized carbons (Fsp3) is 0.333. The van der Waals surface area contributed by atoms with Crippen LogP contribution in [0.25, 0.3) is 5.69 Å². The number of nitrogens with one attached hydrogen (secondary N) is 1. The molecule has 2 aromatic heterocycles. The van der Waals surface area contributed by atoms with Gasteiger partial charge in [-0.3, -0.25) is 10.1 Å². The molecule has 1 aliphatic rings. The number of rotatable bonds is 4. The van der Waals surface area contributed by atoms with E-state index in [4.69, 9.17) is 4.74 Å². The highest BCUT2D eigenvalue weighted by atomic mass is 32.1. The minimum Gasteiger partial charge on any atom is -0.371 e. The molecule has 1 aliphatic heterocycles. The molecule has 1 unspecified atom stereocenters. The molecule has 134 valence electrons. The average molecular weight is 369 g/mol. The Balaban J connectivity index is 1.51. The number of nitrogens with zero attached hydrogens (tertiary/aromatic N) is 4. The third-order valence-corrected chi connectivity index (χ3v) is 5.16. The second-order valence-electron chi connectivity index (χ2n) is 6.29. The van der Waals surface area contributed by atoms with E-state index >= 15 is 0 Å². The number of ether oxygens (including phenoxy) is 1. The summed E-state index contributed by atoms with van der Waals surface area (Å²) in [4.78, 5) is 12.6. The lowest BCUT2D eigenvalue weighted by Gasteiger charge is -2.07. The standard InChI is InChI=1S/C18H19N5O2S/c1-11-9-12(2)23(22-11)14-6-3-5-13(10-14)16(24)19-18-21-20-17(26-18)15-7-4-8-25-15/h3,5-6,9-10,15H,4,7-8H2,1-2H3,(H,19,21,24). The molecule has 0 saturated carbocycles. The number of carbonyl (C=O) groups excluding carboxylic acids is 1. The first-order valence-corrected chi connectivity index (χ1v) is 9.32. The zero-order chi connectivity index (χ0) is 18.1. The lowest BCUT2D eigenvalue weighted by atomic mass is 10.2. The number of anilines is 1. The lowest BCUT2D eigenvalue weighted by Crippen LogP contribution is -2.12. The zero-order valence-corrected chi connectivity index (χ0v) is 15.4. The number of aromatic nitrogens is 4. The van der Waals surface area contributed by atoms with Crippen LogP contribution in [0.1, 0.15) is 45.7 Å². The van der Waals surface area contributed by atoms with Crippen molar-refractivity contribution in [1.29, 1.82) is 0 Å². The van der Waals surface area contributed by atoms with Gasteiger partial charge in [-0.2, -0.15) is 5.10 Å². The van der Waals surface area contributed by atoms with Crippen LogP contribution < -0.4 is 5.32 Å². The highest BCUT2D eigenvalue weighted by Crippen LogP contribution is 2.32. The topological polar surface area (TPSA) is 81.9 Å². The minimum absolute atomic E-state index is 0.00695. The molecule has 26 heavy (non-hydrogen) atoms. The fourth-order valence-corrected chi connectivity index (χ4v) is 3.85. The Morgan fingerprint density at radius 1 is 1.31 bits per heavy atom. The lowest BCUT2D eigenvalue weighted by molar-refractivity contribution is 0.102. The number of aryl methyl sites for hydroxylation is 2. The Kier molecular flexibility index (Phi) is 4.52. The van der Waals surface area contributed by atoms with Gasteiger partial charge in [0.15, 0.2) is 0 Å². The predicted octanol–water partition coefficient (Wildman–Crippen LogP) is 3.44. The van der Waals surface area contributed by atoms with Crippen molar-refractivity contribution in [3.8, 4) is 5.69 Å². The summed E-state index contributed by atoms with van der Waals surface area (Å²) in [7, 11) is 0. The van der Waals surface area contributed by atoms with Gasteiger partial charge in [0.05, 0.1) is 11.4 Å². The quantitative estimate of drug-likeness (QED) is 0.762. The molecule has 1 atom stereocenters. The van der Waals surface area contributed by atoms with Gasteiger partial charge in [-0.05, 0) is 51.0 Å². The van der Waals surface area contributed by atoms with Crippen molar-refractivity contribution in [3.05, 3.63) is 52.3 Å². The Hall–Kier alpha value is -2.58. The van der Waals surface area contributed by atoms with Gasteiger partial charge in [-0.15, -0.1) is 10.2 Å². The normalized spacial score (nSPS) is 16.8. The van der Waals surface area contributed by atoms with E-state index in [1.165, 1.54) is 11.3 Å². The fourth-order valence-electron chi connectivity index (χ4n) is 3.03. The third kappa shape index (κ3) is 3.38. The SMILES string of the molecule is Cc1cc(C)n(-c2cccc(C(=O)Nc3nnc(C4CCCO4)s3)c2)n1. The Morgan fingerprint density at radius 2 is 2.19 bits per heavy atom. The summed E-state index contributed by atoms with van der Waals surface area (Å²) >= 11 is 1.36. The summed E-state index contributed by atoms with van der Waals surface area (Å²) in [6.45, 7) is 4.69. The van der Waals surface area contributed by atoms with Crippen molar-refractivity contribution in [2.24, 2.45) is 0 Å². The van der Waals surface area contributed by atoms with Crippen molar-refractivity contribution in [1.82, 2.24) is 20.0 Å². The molecule has 0 spiro atoms. The molecule has 1 aromatic carbocycles. The third-order valence-electron chi connectivity index (χ3n) is 4.23. The number of benzene rings is 1. The predicted molar refractivity (Wildman–Crippen MR) is 98.8 cm³/mol. The van der Waals surface area contributed by atoms with E-state index in [2.05, 4.69) is 20.6 Å². The Labute approximate surface area is 155 Å². The highest BCUT2D eigenvalue weighted by Gasteiger charge is 2.22. The van der Waals surface area contributed by atoms with Crippen LogP contribution in [0.3, 0.4) is 0 Å². The summed E-state index contributed by atoms with van der Waals surface area (Å²) in [5.41, 5.74) is 3.35. The van der Waals surface area contributed by atoms with Gasteiger partial charge in [-0.1, -0.05) is 17.4 Å². The Morgan fingerprint density at radius 3 is 2.92 bits per heavy atom. The number of hydrogen-bond acceptors (Lipinski definition) is 6. The van der Waals surface area contributed by atoms with Crippen LogP contribution in [0.5, 0.6) is 0 Å². The van der Waals surface area contributed by atoms with Crippen molar-refractivity contribution in [3.63, 3.8) is 0 Å². The van der Waals surface area contributed by atoms with Crippen LogP contribution >= 0.6 is 11.3 Å². The van der Waals surface area contributed by atoms with Crippen LogP contribution in [0.2, 0.25) is 0 Å². The molecule has 1 N–H and O–H groups in total. The summed E-state index contributed by atoms with van der Waals surface area (Å²) in [5.74, 6) is -0.219. The van der Waals surface area contributed by atoms with Crippen molar-refractivity contribution < 1.29 is 9.53 Å². The van der Waals surface area contributed by atoms with Crippen LogP contribution in [0.4, 0.5) is 5.13 Å². The molecule has 3 heterocycles. The van der Waals surface area contributed by atoms with E-state index in [0.29, 0.717) is 10.7 Å². The summed E-state index contributed by atoms with van der Waals surface area (Å²) in [5, 5.41) is 16.8. The first-order chi connectivity index (χ1) is 12.6. The second-order valence-corrected chi connectivity index (χ2v) is 7.30. The molecular formula is C18H19N5O2S. The smallest absolute Gasteiger partial charge is 0.257 e.